The summed E-state index contributed by atoms with van der Waals surface area (Å²) in [4.78, 5) is 26.3. The maximum Gasteiger partial charge on any atom is 0.254 e. The fourth-order valence-corrected chi connectivity index (χ4v) is 2.36. The first kappa shape index (κ1) is 16.3. The lowest BCUT2D eigenvalue weighted by molar-refractivity contribution is -0.119. The van der Waals surface area contributed by atoms with Gasteiger partial charge in [0.25, 0.3) is 5.91 Å². The fourth-order valence-electron chi connectivity index (χ4n) is 2.36. The Balaban J connectivity index is 2.00. The molecule has 1 aromatic rings. The van der Waals surface area contributed by atoms with Crippen molar-refractivity contribution in [2.75, 3.05) is 13.1 Å². The van der Waals surface area contributed by atoms with Crippen LogP contribution >= 0.6 is 0 Å². The zero-order chi connectivity index (χ0) is 16.3. The highest BCUT2D eigenvalue weighted by Crippen LogP contribution is 2.15. The van der Waals surface area contributed by atoms with Gasteiger partial charge >= 0.3 is 0 Å². The zero-order valence-corrected chi connectivity index (χ0v) is 13.8. The molecule has 0 unspecified atom stereocenters. The molecular weight excluding hydrogens is 276 g/mol. The van der Waals surface area contributed by atoms with Crippen molar-refractivity contribution < 1.29 is 9.59 Å². The number of carbonyl (C=O) groups excluding carboxylic acids is 2. The number of benzene rings is 1. The molecule has 0 aromatic heterocycles. The molecule has 0 saturated carbocycles. The minimum absolute atomic E-state index is 0.0199. The van der Waals surface area contributed by atoms with E-state index in [9.17, 15) is 9.59 Å². The van der Waals surface area contributed by atoms with E-state index in [0.717, 1.165) is 11.1 Å². The maximum absolute atomic E-state index is 12.4. The van der Waals surface area contributed by atoms with Crippen LogP contribution < -0.4 is 5.32 Å². The van der Waals surface area contributed by atoms with Crippen molar-refractivity contribution in [2.45, 2.75) is 39.7 Å². The zero-order valence-electron chi connectivity index (χ0n) is 13.8. The molecule has 0 radical (unpaired) electrons. The molecule has 1 aliphatic rings. The molecule has 1 N–H and O–H groups in total. The molecule has 0 saturated heterocycles. The molecule has 1 heterocycles. The molecule has 0 aliphatic carbocycles. The third-order valence-corrected chi connectivity index (χ3v) is 3.58. The quantitative estimate of drug-likeness (QED) is 0.913. The average Bonchev–Trinajstić information content (AvgIpc) is 2.46. The summed E-state index contributed by atoms with van der Waals surface area (Å²) >= 11 is 0. The second kappa shape index (κ2) is 6.34. The van der Waals surface area contributed by atoms with Gasteiger partial charge in [0.2, 0.25) is 5.91 Å². The highest BCUT2D eigenvalue weighted by molar-refractivity contribution is 5.96. The van der Waals surface area contributed by atoms with Crippen molar-refractivity contribution in [3.8, 4) is 0 Å². The van der Waals surface area contributed by atoms with Gasteiger partial charge < -0.3 is 10.2 Å². The molecule has 0 spiro atoms. The molecule has 4 nitrogen and oxygen atoms in total. The molecule has 0 bridgehead atoms. The van der Waals surface area contributed by atoms with Gasteiger partial charge in [0, 0.05) is 29.8 Å². The van der Waals surface area contributed by atoms with Crippen molar-refractivity contribution in [1.82, 2.24) is 10.2 Å². The summed E-state index contributed by atoms with van der Waals surface area (Å²) in [7, 11) is 0. The monoisotopic (exact) mass is 300 g/mol. The summed E-state index contributed by atoms with van der Waals surface area (Å²) < 4.78 is 0. The van der Waals surface area contributed by atoms with Crippen LogP contribution in [0.1, 0.15) is 43.1 Å². The number of carbonyl (C=O) groups is 2. The Bertz CT molecular complexity index is 595. The number of aryl methyl sites for hydroxylation is 1. The van der Waals surface area contributed by atoms with Gasteiger partial charge in [-0.3, -0.25) is 9.59 Å². The number of amides is 2. The van der Waals surface area contributed by atoms with E-state index in [1.165, 1.54) is 0 Å². The minimum atomic E-state index is -0.243. The Morgan fingerprint density at radius 2 is 1.77 bits per heavy atom. The van der Waals surface area contributed by atoms with Crippen LogP contribution in [0.5, 0.6) is 0 Å². The van der Waals surface area contributed by atoms with Crippen LogP contribution in [-0.4, -0.2) is 35.3 Å². The molecule has 22 heavy (non-hydrogen) atoms. The van der Waals surface area contributed by atoms with Gasteiger partial charge in [-0.15, -0.1) is 0 Å². The predicted octanol–water partition coefficient (Wildman–Crippen LogP) is 2.68. The Morgan fingerprint density at radius 1 is 1.14 bits per heavy atom. The Kier molecular flexibility index (Phi) is 4.69. The molecule has 0 atom stereocenters. The fraction of sp³-hybridized carbons (Fsp3) is 0.444. The Labute approximate surface area is 132 Å². The first-order valence-electron chi connectivity index (χ1n) is 7.64. The summed E-state index contributed by atoms with van der Waals surface area (Å²) in [5.41, 5.74) is 2.35. The van der Waals surface area contributed by atoms with E-state index in [2.05, 4.69) is 5.32 Å². The van der Waals surface area contributed by atoms with E-state index in [1.54, 1.807) is 4.90 Å². The molecule has 118 valence electrons. The van der Waals surface area contributed by atoms with Crippen molar-refractivity contribution in [1.29, 1.82) is 0 Å². The summed E-state index contributed by atoms with van der Waals surface area (Å²) in [5.74, 6) is -0.0125. The van der Waals surface area contributed by atoms with Gasteiger partial charge in [-0.2, -0.15) is 0 Å². The standard InChI is InChI=1S/C18H24N2O2/c1-13-5-7-15(8-6-13)17(22)20-11-9-14(10-12-20)16(21)19-18(2,3)4/h5-9H,10-12H2,1-4H3,(H,19,21). The highest BCUT2D eigenvalue weighted by Gasteiger charge is 2.23. The predicted molar refractivity (Wildman–Crippen MR) is 87.7 cm³/mol. The molecule has 0 fully saturated rings. The lowest BCUT2D eigenvalue weighted by Gasteiger charge is -2.28. The largest absolute Gasteiger partial charge is 0.348 e. The van der Waals surface area contributed by atoms with Gasteiger partial charge in [0.1, 0.15) is 0 Å². The molecule has 2 rings (SSSR count). The summed E-state index contributed by atoms with van der Waals surface area (Å²) in [6.07, 6.45) is 2.45. The van der Waals surface area contributed by atoms with Crippen LogP contribution in [0.15, 0.2) is 35.9 Å². The summed E-state index contributed by atoms with van der Waals surface area (Å²) in [6, 6.07) is 7.58. The number of rotatable bonds is 2. The normalized spacial score (nSPS) is 15.3. The van der Waals surface area contributed by atoms with E-state index in [1.807, 2.05) is 58.0 Å². The summed E-state index contributed by atoms with van der Waals surface area (Å²) in [5, 5.41) is 2.96. The van der Waals surface area contributed by atoms with Gasteiger partial charge in [0.15, 0.2) is 0 Å². The lowest BCUT2D eigenvalue weighted by Crippen LogP contribution is -2.43. The first-order valence-corrected chi connectivity index (χ1v) is 7.64. The number of nitrogens with zero attached hydrogens (tertiary/aromatic N) is 1. The van der Waals surface area contributed by atoms with Crippen LogP contribution in [0.25, 0.3) is 0 Å². The third-order valence-electron chi connectivity index (χ3n) is 3.58. The average molecular weight is 300 g/mol. The minimum Gasteiger partial charge on any atom is -0.348 e. The van der Waals surface area contributed by atoms with Crippen LogP contribution in [0.2, 0.25) is 0 Å². The van der Waals surface area contributed by atoms with Crippen LogP contribution in [0.4, 0.5) is 0 Å². The Hall–Kier alpha value is -2.10. The molecule has 1 aliphatic heterocycles. The van der Waals surface area contributed by atoms with E-state index in [0.29, 0.717) is 25.1 Å². The van der Waals surface area contributed by atoms with Crippen LogP contribution in [-0.2, 0) is 4.79 Å². The van der Waals surface area contributed by atoms with E-state index in [4.69, 9.17) is 0 Å². The van der Waals surface area contributed by atoms with E-state index < -0.39 is 0 Å². The number of hydrogen-bond acceptors (Lipinski definition) is 2. The second-order valence-electron chi connectivity index (χ2n) is 6.80. The van der Waals surface area contributed by atoms with Gasteiger partial charge in [0.05, 0.1) is 0 Å². The SMILES string of the molecule is Cc1ccc(C(=O)N2CC=C(C(=O)NC(C)(C)C)CC2)cc1. The molecule has 4 heteroatoms. The van der Waals surface area contributed by atoms with Gasteiger partial charge in [-0.1, -0.05) is 23.8 Å². The third kappa shape index (κ3) is 4.20. The van der Waals surface area contributed by atoms with E-state index >= 15 is 0 Å². The van der Waals surface area contributed by atoms with Gasteiger partial charge in [-0.25, -0.2) is 0 Å². The van der Waals surface area contributed by atoms with Crippen molar-refractivity contribution >= 4 is 11.8 Å². The van der Waals surface area contributed by atoms with Crippen LogP contribution in [0.3, 0.4) is 0 Å². The first-order chi connectivity index (χ1) is 10.3. The second-order valence-corrected chi connectivity index (χ2v) is 6.80. The van der Waals surface area contributed by atoms with E-state index in [-0.39, 0.29) is 17.4 Å². The topological polar surface area (TPSA) is 49.4 Å². The Morgan fingerprint density at radius 3 is 2.27 bits per heavy atom. The number of hydrogen-bond donors (Lipinski definition) is 1. The molecule has 2 amide bonds. The number of nitrogens with one attached hydrogen (secondary N) is 1. The van der Waals surface area contributed by atoms with Gasteiger partial charge in [-0.05, 0) is 46.2 Å². The van der Waals surface area contributed by atoms with Crippen molar-refractivity contribution in [3.05, 3.63) is 47.0 Å². The summed E-state index contributed by atoms with van der Waals surface area (Å²) in [6.45, 7) is 8.94. The van der Waals surface area contributed by atoms with Crippen molar-refractivity contribution in [2.24, 2.45) is 0 Å². The maximum atomic E-state index is 12.4. The molecular formula is C18H24N2O2. The van der Waals surface area contributed by atoms with Crippen LogP contribution in [0, 0.1) is 6.92 Å². The molecule has 1 aromatic carbocycles. The highest BCUT2D eigenvalue weighted by atomic mass is 16.2. The van der Waals surface area contributed by atoms with Crippen molar-refractivity contribution in [3.63, 3.8) is 0 Å². The lowest BCUT2D eigenvalue weighted by atomic mass is 10.0. The smallest absolute Gasteiger partial charge is 0.254 e.